The number of halogens is 4. The summed E-state index contributed by atoms with van der Waals surface area (Å²) in [6.07, 6.45) is -0.914. The second-order valence-corrected chi connectivity index (χ2v) is 12.4. The number of anilines is 1. The molecule has 188 valence electrons. The van der Waals surface area contributed by atoms with E-state index in [1.54, 1.807) is 11.8 Å². The van der Waals surface area contributed by atoms with Crippen LogP contribution in [-0.4, -0.2) is 15.7 Å². The highest BCUT2D eigenvalue weighted by atomic mass is 35.5. The van der Waals surface area contributed by atoms with Gasteiger partial charge in [0, 0.05) is 26.8 Å². The van der Waals surface area contributed by atoms with Gasteiger partial charge >= 0.3 is 11.0 Å². The van der Waals surface area contributed by atoms with E-state index < -0.39 is 17.6 Å². The number of amides is 1. The Labute approximate surface area is 218 Å². The maximum absolute atomic E-state index is 13.1. The van der Waals surface area contributed by atoms with Crippen LogP contribution in [0.1, 0.15) is 41.2 Å². The highest BCUT2D eigenvalue weighted by molar-refractivity contribution is 8.00. The van der Waals surface area contributed by atoms with Crippen molar-refractivity contribution in [3.63, 3.8) is 0 Å². The summed E-state index contributed by atoms with van der Waals surface area (Å²) >= 11 is 9.04. The Balaban J connectivity index is 1.32. The van der Waals surface area contributed by atoms with Crippen molar-refractivity contribution in [2.45, 2.75) is 48.2 Å². The molecule has 5 atom stereocenters. The fourth-order valence-corrected chi connectivity index (χ4v) is 9.52. The van der Waals surface area contributed by atoms with Gasteiger partial charge in [0.15, 0.2) is 0 Å². The van der Waals surface area contributed by atoms with Crippen molar-refractivity contribution < 1.29 is 18.0 Å². The quantitative estimate of drug-likeness (QED) is 0.385. The van der Waals surface area contributed by atoms with Gasteiger partial charge < -0.3 is 5.32 Å². The molecular weight excluding hydrogens is 529 g/mol. The molecule has 2 aromatic carbocycles. The summed E-state index contributed by atoms with van der Waals surface area (Å²) in [5.74, 6) is 1.19. The van der Waals surface area contributed by atoms with Gasteiger partial charge in [-0.05, 0) is 72.9 Å². The molecular formula is C26H22ClF3N2O2S2. The summed E-state index contributed by atoms with van der Waals surface area (Å²) in [6, 6.07) is 12.3. The predicted octanol–water partition coefficient (Wildman–Crippen LogP) is 6.87. The molecule has 0 saturated heterocycles. The molecule has 2 saturated carbocycles. The number of hydrogen-bond acceptors (Lipinski definition) is 4. The number of thioether (sulfide) groups is 1. The van der Waals surface area contributed by atoms with E-state index in [1.807, 2.05) is 24.3 Å². The SMILES string of the molecule is O=C(Cn1c2c(sc1=O)[C@H](c1ccc(Cl)cc1)[C@H]1[C@H]3CC[C@@H](C3)[C@@H]1S2)Nc1cccc(C(F)(F)F)c1. The van der Waals surface area contributed by atoms with Crippen molar-refractivity contribution >= 4 is 46.3 Å². The molecule has 10 heteroatoms. The Morgan fingerprint density at radius 1 is 1.11 bits per heavy atom. The summed E-state index contributed by atoms with van der Waals surface area (Å²) in [4.78, 5) is 26.7. The first kappa shape index (κ1) is 24.1. The van der Waals surface area contributed by atoms with Crippen LogP contribution in [0.2, 0.25) is 5.02 Å². The van der Waals surface area contributed by atoms with Crippen LogP contribution in [0.3, 0.4) is 0 Å². The third kappa shape index (κ3) is 4.19. The molecule has 4 nitrogen and oxygen atoms in total. The highest BCUT2D eigenvalue weighted by Gasteiger charge is 2.55. The average molecular weight is 551 g/mol. The zero-order valence-corrected chi connectivity index (χ0v) is 21.3. The van der Waals surface area contributed by atoms with Crippen LogP contribution in [0, 0.1) is 17.8 Å². The minimum absolute atomic E-state index is 0.0480. The van der Waals surface area contributed by atoms with E-state index >= 15 is 0 Å². The summed E-state index contributed by atoms with van der Waals surface area (Å²) in [5.41, 5.74) is 0.339. The van der Waals surface area contributed by atoms with Crippen LogP contribution in [0.25, 0.3) is 0 Å². The fourth-order valence-electron chi connectivity index (χ4n) is 6.25. The van der Waals surface area contributed by atoms with Gasteiger partial charge in [-0.2, -0.15) is 13.2 Å². The van der Waals surface area contributed by atoms with Crippen molar-refractivity contribution in [1.82, 2.24) is 4.57 Å². The molecule has 36 heavy (non-hydrogen) atoms. The van der Waals surface area contributed by atoms with Gasteiger partial charge in [0.1, 0.15) is 6.54 Å². The molecule has 0 radical (unpaired) electrons. The van der Waals surface area contributed by atoms with E-state index in [2.05, 4.69) is 5.32 Å². The monoisotopic (exact) mass is 550 g/mol. The largest absolute Gasteiger partial charge is 0.416 e. The molecule has 1 aliphatic heterocycles. The lowest BCUT2D eigenvalue weighted by Crippen LogP contribution is -2.34. The number of aromatic nitrogens is 1. The van der Waals surface area contributed by atoms with Crippen molar-refractivity contribution in [3.05, 3.63) is 79.2 Å². The number of nitrogens with one attached hydrogen (secondary N) is 1. The maximum Gasteiger partial charge on any atom is 0.416 e. The Kier molecular flexibility index (Phi) is 6.00. The second kappa shape index (κ2) is 8.96. The number of hydrogen-bond donors (Lipinski definition) is 1. The minimum Gasteiger partial charge on any atom is -0.325 e. The van der Waals surface area contributed by atoms with Crippen LogP contribution in [0.15, 0.2) is 58.4 Å². The Morgan fingerprint density at radius 3 is 2.61 bits per heavy atom. The summed E-state index contributed by atoms with van der Waals surface area (Å²) in [7, 11) is 0. The molecule has 0 spiro atoms. The van der Waals surface area contributed by atoms with Gasteiger partial charge in [-0.15, -0.1) is 11.8 Å². The van der Waals surface area contributed by atoms with Gasteiger partial charge in [0.05, 0.1) is 10.6 Å². The van der Waals surface area contributed by atoms with Crippen LogP contribution in [0.5, 0.6) is 0 Å². The first-order valence-electron chi connectivity index (χ1n) is 11.8. The molecule has 1 amide bonds. The molecule has 3 aromatic rings. The first-order chi connectivity index (χ1) is 17.2. The van der Waals surface area contributed by atoms with Gasteiger partial charge in [0.25, 0.3) is 0 Å². The lowest BCUT2D eigenvalue weighted by molar-refractivity contribution is -0.137. The van der Waals surface area contributed by atoms with Crippen LogP contribution in [0.4, 0.5) is 18.9 Å². The number of carbonyl (C=O) groups excluding carboxylic acids is 1. The minimum atomic E-state index is -4.51. The smallest absolute Gasteiger partial charge is 0.325 e. The summed E-state index contributed by atoms with van der Waals surface area (Å²) in [6.45, 7) is -0.243. The zero-order valence-electron chi connectivity index (χ0n) is 18.9. The lowest BCUT2D eigenvalue weighted by atomic mass is 9.75. The van der Waals surface area contributed by atoms with Crippen LogP contribution < -0.4 is 10.2 Å². The molecule has 2 heterocycles. The van der Waals surface area contributed by atoms with Crippen molar-refractivity contribution in [2.24, 2.45) is 17.8 Å². The van der Waals surface area contributed by atoms with Gasteiger partial charge in [-0.1, -0.05) is 41.1 Å². The topological polar surface area (TPSA) is 51.1 Å². The number of nitrogens with zero attached hydrogens (tertiary/aromatic N) is 1. The van der Waals surface area contributed by atoms with E-state index in [4.69, 9.17) is 11.6 Å². The second-order valence-electron chi connectivity index (χ2n) is 9.77. The number of alkyl halides is 3. The molecule has 3 aliphatic rings. The van der Waals surface area contributed by atoms with Gasteiger partial charge in [0.2, 0.25) is 5.91 Å². The molecule has 6 rings (SSSR count). The third-order valence-corrected chi connectivity index (χ3v) is 10.8. The Bertz CT molecular complexity index is 1390. The molecule has 1 N–H and O–H groups in total. The van der Waals surface area contributed by atoms with Gasteiger partial charge in [-0.3, -0.25) is 14.2 Å². The van der Waals surface area contributed by atoms with Crippen molar-refractivity contribution in [1.29, 1.82) is 0 Å². The van der Waals surface area contributed by atoms with E-state index in [0.29, 0.717) is 28.0 Å². The van der Waals surface area contributed by atoms with E-state index in [-0.39, 0.29) is 23.0 Å². The van der Waals surface area contributed by atoms with E-state index in [1.165, 1.54) is 47.3 Å². The number of benzene rings is 2. The molecule has 1 aromatic heterocycles. The van der Waals surface area contributed by atoms with Crippen molar-refractivity contribution in [2.75, 3.05) is 5.32 Å². The molecule has 2 fully saturated rings. The normalized spacial score (nSPS) is 26.5. The molecule has 0 unspecified atom stereocenters. The predicted molar refractivity (Wildman–Crippen MR) is 136 cm³/mol. The number of thiazole rings is 1. The first-order valence-corrected chi connectivity index (χ1v) is 13.9. The average Bonchev–Trinajstić information content (AvgIpc) is 3.52. The highest BCUT2D eigenvalue weighted by Crippen LogP contribution is 2.64. The lowest BCUT2D eigenvalue weighted by Gasteiger charge is -2.40. The summed E-state index contributed by atoms with van der Waals surface area (Å²) < 4.78 is 40.7. The number of carbonyl (C=O) groups is 1. The van der Waals surface area contributed by atoms with Crippen molar-refractivity contribution in [3.8, 4) is 0 Å². The maximum atomic E-state index is 13.1. The van der Waals surface area contributed by atoms with E-state index in [9.17, 15) is 22.8 Å². The summed E-state index contributed by atoms with van der Waals surface area (Å²) in [5, 5.41) is 4.39. The van der Waals surface area contributed by atoms with Gasteiger partial charge in [-0.25, -0.2) is 0 Å². The Hall–Kier alpha value is -2.23. The third-order valence-electron chi connectivity index (χ3n) is 7.70. The van der Waals surface area contributed by atoms with Crippen LogP contribution >= 0.6 is 34.7 Å². The number of fused-ring (bicyclic) bond motifs is 6. The van der Waals surface area contributed by atoms with Crippen LogP contribution in [-0.2, 0) is 17.5 Å². The number of rotatable bonds is 4. The molecule has 2 bridgehead atoms. The molecule has 2 aliphatic carbocycles. The van der Waals surface area contributed by atoms with E-state index in [0.717, 1.165) is 27.6 Å². The standard InChI is InChI=1S/C26H22ClF3N2O2S2/c27-17-8-6-13(7-9-17)20-21-14-4-5-15(10-14)22(21)35-24-23(20)36-25(34)32(24)12-19(33)31-18-3-1-2-16(11-18)26(28,29)30/h1-3,6-9,11,14-15,20-22H,4-5,10,12H2,(H,31,33)/t14-,15-,20+,21+,22-/m0/s1. The fraction of sp³-hybridized carbons (Fsp3) is 0.385. The zero-order chi connectivity index (χ0) is 25.2. The Morgan fingerprint density at radius 2 is 1.86 bits per heavy atom.